The first-order valence-corrected chi connectivity index (χ1v) is 27.1. The van der Waals surface area contributed by atoms with Crippen LogP contribution in [0.3, 0.4) is 0 Å². The predicted molar refractivity (Wildman–Crippen MR) is 265 cm³/mol. The van der Waals surface area contributed by atoms with Crippen LogP contribution in [0.4, 0.5) is 0 Å². The maximum Gasteiger partial charge on any atom is 0.306 e. The molecular formula is C53H90O12S. The van der Waals surface area contributed by atoms with Crippen LogP contribution in [0.1, 0.15) is 194 Å². The Morgan fingerprint density at radius 2 is 0.924 bits per heavy atom. The van der Waals surface area contributed by atoms with Crippen molar-refractivity contribution in [2.24, 2.45) is 0 Å². The van der Waals surface area contributed by atoms with E-state index in [-0.39, 0.29) is 19.4 Å². The van der Waals surface area contributed by atoms with E-state index in [1.165, 1.54) is 64.2 Å². The zero-order valence-electron chi connectivity index (χ0n) is 40.8. The zero-order valence-corrected chi connectivity index (χ0v) is 41.6. The Labute approximate surface area is 399 Å². The Kier molecular flexibility index (Phi) is 39.1. The number of aliphatic hydroxyl groups excluding tert-OH is 3. The van der Waals surface area contributed by atoms with Crippen molar-refractivity contribution in [1.82, 2.24) is 0 Å². The second-order valence-corrected chi connectivity index (χ2v) is 19.0. The smallest absolute Gasteiger partial charge is 0.306 e. The van der Waals surface area contributed by atoms with Gasteiger partial charge in [-0.1, -0.05) is 170 Å². The molecule has 0 aromatic rings. The number of carbonyl (C=O) groups excluding carboxylic acids is 2. The van der Waals surface area contributed by atoms with Gasteiger partial charge in [0.25, 0.3) is 10.1 Å². The lowest BCUT2D eigenvalue weighted by Gasteiger charge is -2.40. The second kappa shape index (κ2) is 42.2. The predicted octanol–water partition coefficient (Wildman–Crippen LogP) is 11.5. The molecule has 1 saturated heterocycles. The fourth-order valence-electron chi connectivity index (χ4n) is 7.29. The maximum absolute atomic E-state index is 12.9. The van der Waals surface area contributed by atoms with Gasteiger partial charge in [-0.25, -0.2) is 0 Å². The van der Waals surface area contributed by atoms with Gasteiger partial charge in [-0.3, -0.25) is 14.1 Å². The van der Waals surface area contributed by atoms with E-state index in [9.17, 15) is 37.9 Å². The molecule has 0 aromatic carbocycles. The lowest BCUT2D eigenvalue weighted by molar-refractivity contribution is -0.297. The molecule has 2 unspecified atom stereocenters. The molecule has 1 aliphatic heterocycles. The number of hydrogen-bond donors (Lipinski definition) is 4. The zero-order chi connectivity index (χ0) is 48.4. The average Bonchev–Trinajstić information content (AvgIpc) is 3.28. The molecule has 1 heterocycles. The highest BCUT2D eigenvalue weighted by Gasteiger charge is 2.46. The first-order valence-electron chi connectivity index (χ1n) is 25.5. The highest BCUT2D eigenvalue weighted by Crippen LogP contribution is 2.24. The number of esters is 2. The molecule has 1 fully saturated rings. The van der Waals surface area contributed by atoms with Crippen molar-refractivity contribution in [3.63, 3.8) is 0 Å². The van der Waals surface area contributed by atoms with Crippen LogP contribution >= 0.6 is 0 Å². The van der Waals surface area contributed by atoms with Crippen LogP contribution in [0.2, 0.25) is 0 Å². The minimum absolute atomic E-state index is 0.138. The van der Waals surface area contributed by atoms with Crippen molar-refractivity contribution in [3.05, 3.63) is 72.9 Å². The third-order valence-corrected chi connectivity index (χ3v) is 12.0. The normalized spacial score (nSPS) is 20.0. The summed E-state index contributed by atoms with van der Waals surface area (Å²) in [4.78, 5) is 25.5. The van der Waals surface area contributed by atoms with E-state index in [0.29, 0.717) is 19.3 Å². The van der Waals surface area contributed by atoms with E-state index >= 15 is 0 Å². The molecule has 0 aliphatic carbocycles. The molecule has 1 rings (SSSR count). The molecule has 380 valence electrons. The molecule has 1 aliphatic rings. The van der Waals surface area contributed by atoms with Gasteiger partial charge in [-0.2, -0.15) is 8.42 Å². The summed E-state index contributed by atoms with van der Waals surface area (Å²) in [6, 6.07) is 0. The van der Waals surface area contributed by atoms with E-state index in [1.807, 2.05) is 6.08 Å². The molecule has 0 radical (unpaired) electrons. The molecule has 0 saturated carbocycles. The first-order chi connectivity index (χ1) is 32.0. The molecule has 4 N–H and O–H groups in total. The van der Waals surface area contributed by atoms with Gasteiger partial charge in [0, 0.05) is 12.8 Å². The van der Waals surface area contributed by atoms with Gasteiger partial charge in [-0.15, -0.1) is 0 Å². The quantitative estimate of drug-likeness (QED) is 0.0197. The molecular weight excluding hydrogens is 861 g/mol. The van der Waals surface area contributed by atoms with E-state index < -0.39 is 71.2 Å². The number of rotatable bonds is 42. The van der Waals surface area contributed by atoms with Gasteiger partial charge in [0.1, 0.15) is 36.8 Å². The Morgan fingerprint density at radius 3 is 1.42 bits per heavy atom. The summed E-state index contributed by atoms with van der Waals surface area (Å²) in [6.07, 6.45) is 45.2. The van der Waals surface area contributed by atoms with Gasteiger partial charge in [0.2, 0.25) is 0 Å². The summed E-state index contributed by atoms with van der Waals surface area (Å²) in [7, 11) is -4.62. The number of carbonyl (C=O) groups is 2. The summed E-state index contributed by atoms with van der Waals surface area (Å²) in [5.74, 6) is -2.07. The van der Waals surface area contributed by atoms with Crippen molar-refractivity contribution < 1.29 is 56.8 Å². The molecule has 0 spiro atoms. The number of hydrogen-bond acceptors (Lipinski definition) is 11. The first kappa shape index (κ1) is 61.1. The molecule has 12 nitrogen and oxygen atoms in total. The van der Waals surface area contributed by atoms with Gasteiger partial charge < -0.3 is 34.3 Å². The van der Waals surface area contributed by atoms with E-state index in [4.69, 9.17) is 18.9 Å². The number of allylic oxidation sites excluding steroid dienone is 12. The van der Waals surface area contributed by atoms with Gasteiger partial charge in [0.15, 0.2) is 12.4 Å². The number of unbranched alkanes of at least 4 members (excludes halogenated alkanes) is 18. The molecule has 13 heteroatoms. The lowest BCUT2D eigenvalue weighted by atomic mass is 10.00. The van der Waals surface area contributed by atoms with Crippen LogP contribution < -0.4 is 0 Å². The lowest BCUT2D eigenvalue weighted by Crippen LogP contribution is -2.60. The van der Waals surface area contributed by atoms with E-state index in [2.05, 4.69) is 80.7 Å². The van der Waals surface area contributed by atoms with Crippen LogP contribution in [-0.4, -0.2) is 96.0 Å². The fraction of sp³-hybridized carbons (Fsp3) is 0.736. The van der Waals surface area contributed by atoms with E-state index in [1.54, 1.807) is 0 Å². The second-order valence-electron chi connectivity index (χ2n) is 17.5. The molecule has 66 heavy (non-hydrogen) atoms. The largest absolute Gasteiger partial charge is 0.462 e. The summed E-state index contributed by atoms with van der Waals surface area (Å²) in [6.45, 7) is 3.69. The Balaban J connectivity index is 2.44. The summed E-state index contributed by atoms with van der Waals surface area (Å²) in [5.41, 5.74) is 0. The third kappa shape index (κ3) is 36.2. The summed E-state index contributed by atoms with van der Waals surface area (Å²) in [5, 5.41) is 31.0. The highest BCUT2D eigenvalue weighted by molar-refractivity contribution is 7.85. The Hall–Kier alpha value is -2.91. The highest BCUT2D eigenvalue weighted by atomic mass is 32.2. The minimum atomic E-state index is -4.62. The van der Waals surface area contributed by atoms with Crippen molar-refractivity contribution in [2.75, 3.05) is 19.0 Å². The maximum atomic E-state index is 12.9. The van der Waals surface area contributed by atoms with Crippen molar-refractivity contribution in [3.8, 4) is 0 Å². The fourth-order valence-corrected chi connectivity index (χ4v) is 7.98. The molecule has 0 bridgehead atoms. The van der Waals surface area contributed by atoms with Gasteiger partial charge in [0.05, 0.1) is 6.61 Å². The van der Waals surface area contributed by atoms with Gasteiger partial charge in [-0.05, 0) is 83.5 Å². The topological polar surface area (TPSA) is 186 Å². The minimum Gasteiger partial charge on any atom is -0.462 e. The standard InChI is InChI=1S/C53H90O12S/c1-3-5-7-9-11-13-15-17-19-21-22-23-24-26-27-29-31-33-35-37-39-41-48(54)62-43-46(44-63-53-52(58)51(57)50(56)47(65-53)45-66(59,60)61)64-49(55)42-40-38-36-34-32-30-28-25-20-18-16-14-12-10-8-6-4-2/h12,14,18-21,23-24,27,29,33,35,46-47,50-53,56-58H,3-11,13,15-17,22,25-26,28,30-32,34,36-45H2,1-2H3,(H,59,60,61)/b14-12+,20-18+,21-19+,24-23+,29-27+,35-33+/t46-,47-,50-,51?,52?,53+/m1/s1. The van der Waals surface area contributed by atoms with Crippen LogP contribution in [0, 0.1) is 0 Å². The number of ether oxygens (including phenoxy) is 4. The molecule has 0 amide bonds. The Morgan fingerprint density at radius 1 is 0.515 bits per heavy atom. The van der Waals surface area contributed by atoms with Crippen molar-refractivity contribution in [1.29, 1.82) is 0 Å². The van der Waals surface area contributed by atoms with Gasteiger partial charge >= 0.3 is 11.9 Å². The van der Waals surface area contributed by atoms with Crippen LogP contribution in [0.25, 0.3) is 0 Å². The monoisotopic (exact) mass is 951 g/mol. The van der Waals surface area contributed by atoms with Crippen LogP contribution in [-0.2, 0) is 38.7 Å². The average molecular weight is 951 g/mol. The third-order valence-electron chi connectivity index (χ3n) is 11.3. The SMILES string of the molecule is CCCCC/C=C/C/C=C/CCCCCCCCCC(=O)O[C@H](COC(=O)CCC/C=C/C/C=C/C/C=C/C/C=C/CCCCCCCCC)CO[C@H]1O[C@H](CS(=O)(=O)O)[C@@H](O)C(O)C1O. The molecule has 0 aromatic heterocycles. The Bertz CT molecular complexity index is 1490. The number of aliphatic hydroxyl groups is 3. The summed E-state index contributed by atoms with van der Waals surface area (Å²) >= 11 is 0. The van der Waals surface area contributed by atoms with Crippen LogP contribution in [0.15, 0.2) is 72.9 Å². The van der Waals surface area contributed by atoms with Crippen molar-refractivity contribution in [2.45, 2.75) is 230 Å². The van der Waals surface area contributed by atoms with Crippen LogP contribution in [0.5, 0.6) is 0 Å². The summed E-state index contributed by atoms with van der Waals surface area (Å²) < 4.78 is 54.1. The van der Waals surface area contributed by atoms with Crippen molar-refractivity contribution >= 4 is 22.1 Å². The van der Waals surface area contributed by atoms with E-state index in [0.717, 1.165) is 83.5 Å². The molecule has 6 atom stereocenters.